The highest BCUT2D eigenvalue weighted by molar-refractivity contribution is 5.81. The van der Waals surface area contributed by atoms with Gasteiger partial charge in [0.25, 0.3) is 0 Å². The monoisotopic (exact) mass is 377 g/mol. The molecule has 11 heteroatoms. The van der Waals surface area contributed by atoms with E-state index in [1.54, 1.807) is 26.1 Å². The molecule has 2 rings (SSSR count). The number of alkyl halides is 3. The molecular weight excluding hydrogens is 355 g/mol. The van der Waals surface area contributed by atoms with Gasteiger partial charge >= 0.3 is 18.2 Å². The second-order valence-electron chi connectivity index (χ2n) is 7.01. The number of amides is 2. The zero-order valence-electron chi connectivity index (χ0n) is 14.8. The van der Waals surface area contributed by atoms with Crippen LogP contribution in [0.1, 0.15) is 57.7 Å². The van der Waals surface area contributed by atoms with E-state index in [1.165, 1.54) is 4.90 Å². The number of ether oxygens (including phenoxy) is 1. The molecule has 1 aliphatic heterocycles. The fourth-order valence-corrected chi connectivity index (χ4v) is 2.54. The van der Waals surface area contributed by atoms with Crippen molar-refractivity contribution in [3.05, 3.63) is 11.6 Å². The van der Waals surface area contributed by atoms with Gasteiger partial charge in [0, 0.05) is 6.54 Å². The first-order valence-corrected chi connectivity index (χ1v) is 8.23. The summed E-state index contributed by atoms with van der Waals surface area (Å²) in [5, 5.41) is 8.20. The van der Waals surface area contributed by atoms with Gasteiger partial charge in [-0.3, -0.25) is 14.8 Å². The fourth-order valence-electron chi connectivity index (χ4n) is 2.54. The van der Waals surface area contributed by atoms with Gasteiger partial charge in [-0.1, -0.05) is 0 Å². The van der Waals surface area contributed by atoms with Gasteiger partial charge in [-0.05, 0) is 40.0 Å². The maximum absolute atomic E-state index is 12.4. The Morgan fingerprint density at radius 2 is 2.00 bits per heavy atom. The largest absolute Gasteiger partial charge is 0.471 e. The van der Waals surface area contributed by atoms with Crippen molar-refractivity contribution in [2.24, 2.45) is 0 Å². The van der Waals surface area contributed by atoms with E-state index in [9.17, 15) is 22.8 Å². The number of hydrogen-bond donors (Lipinski definition) is 2. The summed E-state index contributed by atoms with van der Waals surface area (Å²) in [6.07, 6.45) is -3.16. The quantitative estimate of drug-likeness (QED) is 0.843. The molecule has 26 heavy (non-hydrogen) atoms. The van der Waals surface area contributed by atoms with Gasteiger partial charge in [-0.15, -0.1) is 0 Å². The number of nitrogens with zero attached hydrogens (tertiary/aromatic N) is 3. The van der Waals surface area contributed by atoms with Crippen LogP contribution in [-0.2, 0) is 16.1 Å². The molecule has 0 spiro atoms. The predicted molar refractivity (Wildman–Crippen MR) is 83.8 cm³/mol. The SMILES string of the molecule is CC(C)(C)OC(=O)N1CCCC[C@H]1c1n[nH]c(CNC(=O)C(F)(F)F)n1. The van der Waals surface area contributed by atoms with E-state index in [1.807, 2.05) is 0 Å². The predicted octanol–water partition coefficient (Wildman–Crippen LogP) is 2.45. The molecule has 1 aromatic rings. The minimum atomic E-state index is -4.96. The summed E-state index contributed by atoms with van der Waals surface area (Å²) in [7, 11) is 0. The van der Waals surface area contributed by atoms with Crippen molar-refractivity contribution < 1.29 is 27.5 Å². The zero-order valence-corrected chi connectivity index (χ0v) is 14.8. The van der Waals surface area contributed by atoms with Gasteiger partial charge in [0.05, 0.1) is 12.6 Å². The van der Waals surface area contributed by atoms with Gasteiger partial charge < -0.3 is 10.1 Å². The van der Waals surface area contributed by atoms with E-state index in [-0.39, 0.29) is 11.6 Å². The minimum absolute atomic E-state index is 0.0762. The molecule has 1 atom stereocenters. The summed E-state index contributed by atoms with van der Waals surface area (Å²) < 4.78 is 42.0. The highest BCUT2D eigenvalue weighted by Gasteiger charge is 2.38. The van der Waals surface area contributed by atoms with Crippen LogP contribution in [0.3, 0.4) is 0 Å². The molecule has 1 fully saturated rings. The molecule has 146 valence electrons. The maximum atomic E-state index is 12.4. The summed E-state index contributed by atoms with van der Waals surface area (Å²) in [5.41, 5.74) is -0.648. The summed E-state index contributed by atoms with van der Waals surface area (Å²) in [6, 6.07) is -0.429. The Balaban J connectivity index is 2.05. The standard InChI is InChI=1S/C15H22F3N5O3/c1-14(2,3)26-13(25)23-7-5-4-6-9(23)11-20-10(21-22-11)8-19-12(24)15(16,17)18/h9H,4-8H2,1-3H3,(H,19,24)(H,20,21,22)/t9-/m0/s1. The molecule has 0 unspecified atom stereocenters. The van der Waals surface area contributed by atoms with E-state index >= 15 is 0 Å². The molecule has 1 saturated heterocycles. The molecule has 8 nitrogen and oxygen atoms in total. The number of likely N-dealkylation sites (tertiary alicyclic amines) is 1. The van der Waals surface area contributed by atoms with Crippen LogP contribution in [0.15, 0.2) is 0 Å². The van der Waals surface area contributed by atoms with E-state index in [4.69, 9.17) is 4.74 Å². The van der Waals surface area contributed by atoms with Crippen molar-refractivity contribution in [3.8, 4) is 0 Å². The summed E-state index contributed by atoms with van der Waals surface area (Å²) in [6.45, 7) is 5.33. The Morgan fingerprint density at radius 3 is 2.62 bits per heavy atom. The normalized spacial score (nSPS) is 18.5. The minimum Gasteiger partial charge on any atom is -0.444 e. The highest BCUT2D eigenvalue weighted by Crippen LogP contribution is 2.30. The lowest BCUT2D eigenvalue weighted by atomic mass is 10.0. The number of hydrogen-bond acceptors (Lipinski definition) is 5. The number of aromatic amines is 1. The molecule has 0 saturated carbocycles. The fraction of sp³-hybridized carbons (Fsp3) is 0.733. The third-order valence-electron chi connectivity index (χ3n) is 3.65. The molecular formula is C15H22F3N5O3. The van der Waals surface area contributed by atoms with Crippen molar-refractivity contribution in [1.29, 1.82) is 0 Å². The zero-order chi connectivity index (χ0) is 19.5. The van der Waals surface area contributed by atoms with Crippen molar-refractivity contribution in [3.63, 3.8) is 0 Å². The molecule has 0 radical (unpaired) electrons. The molecule has 1 aromatic heterocycles. The molecule has 2 heterocycles. The van der Waals surface area contributed by atoms with Crippen LogP contribution < -0.4 is 5.32 Å². The van der Waals surface area contributed by atoms with Crippen molar-refractivity contribution in [2.75, 3.05) is 6.54 Å². The number of rotatable bonds is 3. The molecule has 2 N–H and O–H groups in total. The van der Waals surface area contributed by atoms with E-state index in [0.717, 1.165) is 12.8 Å². The van der Waals surface area contributed by atoms with Crippen LogP contribution in [0.25, 0.3) is 0 Å². The molecule has 0 bridgehead atoms. The Kier molecular flexibility index (Phi) is 5.77. The van der Waals surface area contributed by atoms with Crippen LogP contribution in [0.2, 0.25) is 0 Å². The first-order valence-electron chi connectivity index (χ1n) is 8.23. The van der Waals surface area contributed by atoms with Gasteiger partial charge in [0.15, 0.2) is 5.82 Å². The average Bonchev–Trinajstić information content (AvgIpc) is 2.98. The molecule has 1 aliphatic rings. The lowest BCUT2D eigenvalue weighted by Gasteiger charge is -2.35. The average molecular weight is 377 g/mol. The van der Waals surface area contributed by atoms with Gasteiger partial charge in [0.1, 0.15) is 11.4 Å². The topological polar surface area (TPSA) is 100 Å². The van der Waals surface area contributed by atoms with Gasteiger partial charge in [0.2, 0.25) is 0 Å². The Bertz CT molecular complexity index is 654. The second kappa shape index (κ2) is 7.50. The van der Waals surface area contributed by atoms with E-state index < -0.39 is 36.4 Å². The Hall–Kier alpha value is -2.33. The summed E-state index contributed by atoms with van der Waals surface area (Å²) in [4.78, 5) is 28.9. The van der Waals surface area contributed by atoms with E-state index in [2.05, 4.69) is 15.2 Å². The summed E-state index contributed by atoms with van der Waals surface area (Å²) in [5.74, 6) is -1.69. The lowest BCUT2D eigenvalue weighted by molar-refractivity contribution is -0.173. The molecule has 2 amide bonds. The van der Waals surface area contributed by atoms with Crippen molar-refractivity contribution in [2.45, 2.75) is 64.4 Å². The van der Waals surface area contributed by atoms with Crippen LogP contribution in [0.4, 0.5) is 18.0 Å². The van der Waals surface area contributed by atoms with Crippen LogP contribution in [0.5, 0.6) is 0 Å². The highest BCUT2D eigenvalue weighted by atomic mass is 19.4. The number of carbonyl (C=O) groups excluding carboxylic acids is 2. The first kappa shape index (κ1) is 20.0. The molecule has 0 aromatic carbocycles. The first-order chi connectivity index (χ1) is 12.0. The number of aromatic nitrogens is 3. The third-order valence-corrected chi connectivity index (χ3v) is 3.65. The van der Waals surface area contributed by atoms with Crippen LogP contribution >= 0.6 is 0 Å². The number of nitrogens with one attached hydrogen (secondary N) is 2. The molecule has 0 aliphatic carbocycles. The number of piperidine rings is 1. The van der Waals surface area contributed by atoms with Crippen LogP contribution in [0, 0.1) is 0 Å². The third kappa shape index (κ3) is 5.33. The second-order valence-corrected chi connectivity index (χ2v) is 7.01. The van der Waals surface area contributed by atoms with Gasteiger partial charge in [-0.25, -0.2) is 9.78 Å². The number of halogens is 3. The van der Waals surface area contributed by atoms with Crippen molar-refractivity contribution in [1.82, 2.24) is 25.4 Å². The number of H-pyrrole nitrogens is 1. The Labute approximate surface area is 148 Å². The van der Waals surface area contributed by atoms with Gasteiger partial charge in [-0.2, -0.15) is 18.3 Å². The Morgan fingerprint density at radius 1 is 1.31 bits per heavy atom. The smallest absolute Gasteiger partial charge is 0.444 e. The maximum Gasteiger partial charge on any atom is 0.471 e. The van der Waals surface area contributed by atoms with E-state index in [0.29, 0.717) is 13.0 Å². The summed E-state index contributed by atoms with van der Waals surface area (Å²) >= 11 is 0. The lowest BCUT2D eigenvalue weighted by Crippen LogP contribution is -2.42. The van der Waals surface area contributed by atoms with Crippen molar-refractivity contribution >= 4 is 12.0 Å². The van der Waals surface area contributed by atoms with Crippen LogP contribution in [-0.4, -0.2) is 50.4 Å². The number of carbonyl (C=O) groups is 2.